The summed E-state index contributed by atoms with van der Waals surface area (Å²) in [6, 6.07) is 0. The molecule has 0 radical (unpaired) electrons. The number of ether oxygens (including phenoxy) is 1. The van der Waals surface area contributed by atoms with Gasteiger partial charge in [-0.3, -0.25) is 4.79 Å². The molecule has 1 aliphatic heterocycles. The van der Waals surface area contributed by atoms with Crippen molar-refractivity contribution < 1.29 is 14.0 Å². The number of rotatable bonds is 2. The van der Waals surface area contributed by atoms with E-state index in [0.717, 1.165) is 12.8 Å². The van der Waals surface area contributed by atoms with Gasteiger partial charge in [-0.2, -0.15) is 0 Å². The molecule has 1 fully saturated rings. The van der Waals surface area contributed by atoms with Crippen LogP contribution >= 0.6 is 0 Å². The van der Waals surface area contributed by atoms with Gasteiger partial charge in [0.05, 0.1) is 6.10 Å². The number of hydrogen-bond acceptors (Lipinski definition) is 3. The van der Waals surface area contributed by atoms with E-state index >= 15 is 0 Å². The van der Waals surface area contributed by atoms with Gasteiger partial charge in [-0.25, -0.2) is 0 Å². The zero-order valence-electron chi connectivity index (χ0n) is 12.9. The maximum Gasteiger partial charge on any atom is 0.306 e. The Hall–Kier alpha value is -0.353. The second-order valence-corrected chi connectivity index (χ2v) is 12.1. The van der Waals surface area contributed by atoms with Gasteiger partial charge in [-0.15, -0.1) is 0 Å². The summed E-state index contributed by atoms with van der Waals surface area (Å²) < 4.78 is 12.0. The van der Waals surface area contributed by atoms with Crippen LogP contribution in [-0.4, -0.2) is 26.0 Å². The summed E-state index contributed by atoms with van der Waals surface area (Å²) in [5.41, 5.74) is -0.511. The number of hydrogen-bond donors (Lipinski definition) is 0. The molecule has 0 bridgehead atoms. The third kappa shape index (κ3) is 3.57. The summed E-state index contributed by atoms with van der Waals surface area (Å²) in [5, 5.41) is 0.180. The van der Waals surface area contributed by atoms with Crippen molar-refractivity contribution in [2.24, 2.45) is 0 Å². The summed E-state index contributed by atoms with van der Waals surface area (Å²) in [6.45, 7) is 15.1. The number of carbonyl (C=O) groups excluding carboxylic acids is 1. The molecule has 3 nitrogen and oxygen atoms in total. The van der Waals surface area contributed by atoms with Crippen molar-refractivity contribution in [2.45, 2.75) is 83.7 Å². The summed E-state index contributed by atoms with van der Waals surface area (Å²) in [7, 11) is -1.82. The lowest BCUT2D eigenvalue weighted by atomic mass is 9.98. The van der Waals surface area contributed by atoms with E-state index in [0.29, 0.717) is 6.42 Å². The van der Waals surface area contributed by atoms with Gasteiger partial charge in [0.1, 0.15) is 5.60 Å². The average molecular weight is 272 g/mol. The Kier molecular flexibility index (Phi) is 4.33. The highest BCUT2D eigenvalue weighted by molar-refractivity contribution is 6.74. The standard InChI is InChI=1S/C14H28O3Si/c1-13(2,3)18(6,7)17-11-9-8-10-12(15)16-14(11,4)5/h11H,8-10H2,1-7H3/t11-/m0/s1. The van der Waals surface area contributed by atoms with E-state index in [-0.39, 0.29) is 17.1 Å². The molecule has 1 aliphatic rings. The first-order valence-corrected chi connectivity index (χ1v) is 9.76. The van der Waals surface area contributed by atoms with Gasteiger partial charge < -0.3 is 9.16 Å². The number of esters is 1. The van der Waals surface area contributed by atoms with Gasteiger partial charge in [0.25, 0.3) is 0 Å². The highest BCUT2D eigenvalue weighted by Crippen LogP contribution is 2.40. The molecule has 0 aromatic heterocycles. The largest absolute Gasteiger partial charge is 0.457 e. The van der Waals surface area contributed by atoms with E-state index in [1.807, 2.05) is 13.8 Å². The molecule has 1 heterocycles. The molecule has 1 saturated heterocycles. The third-order valence-corrected chi connectivity index (χ3v) is 8.73. The fourth-order valence-corrected chi connectivity index (χ4v) is 3.39. The second-order valence-electron chi connectivity index (χ2n) is 7.34. The van der Waals surface area contributed by atoms with Gasteiger partial charge in [0.15, 0.2) is 8.32 Å². The molecule has 0 saturated carbocycles. The van der Waals surface area contributed by atoms with Crippen LogP contribution in [0.3, 0.4) is 0 Å². The summed E-state index contributed by atoms with van der Waals surface area (Å²) in [6.07, 6.45) is 2.30. The fraction of sp³-hybridized carbons (Fsp3) is 0.929. The maximum absolute atomic E-state index is 11.5. The molecule has 4 heteroatoms. The molecule has 1 atom stereocenters. The first kappa shape index (κ1) is 15.7. The summed E-state index contributed by atoms with van der Waals surface area (Å²) in [4.78, 5) is 11.5. The van der Waals surface area contributed by atoms with E-state index in [1.54, 1.807) is 0 Å². The minimum Gasteiger partial charge on any atom is -0.457 e. The van der Waals surface area contributed by atoms with E-state index in [4.69, 9.17) is 9.16 Å². The molecule has 0 amide bonds. The van der Waals surface area contributed by atoms with Crippen LogP contribution in [-0.2, 0) is 14.0 Å². The van der Waals surface area contributed by atoms with Gasteiger partial charge in [-0.05, 0) is 44.8 Å². The molecular weight excluding hydrogens is 244 g/mol. The zero-order valence-corrected chi connectivity index (χ0v) is 13.9. The normalized spacial score (nSPS) is 25.5. The minimum atomic E-state index is -1.82. The lowest BCUT2D eigenvalue weighted by Crippen LogP contribution is -2.51. The smallest absolute Gasteiger partial charge is 0.306 e. The van der Waals surface area contributed by atoms with Crippen LogP contribution in [0.4, 0.5) is 0 Å². The second kappa shape index (κ2) is 4.97. The van der Waals surface area contributed by atoms with E-state index < -0.39 is 13.9 Å². The predicted molar refractivity (Wildman–Crippen MR) is 76.1 cm³/mol. The Morgan fingerprint density at radius 3 is 2.39 bits per heavy atom. The van der Waals surface area contributed by atoms with Gasteiger partial charge >= 0.3 is 5.97 Å². The van der Waals surface area contributed by atoms with Crippen molar-refractivity contribution in [3.05, 3.63) is 0 Å². The highest BCUT2D eigenvalue weighted by Gasteiger charge is 2.44. The van der Waals surface area contributed by atoms with E-state index in [2.05, 4.69) is 33.9 Å². The molecule has 0 aromatic rings. The Labute approximate surface area is 112 Å². The van der Waals surface area contributed by atoms with Gasteiger partial charge in [0.2, 0.25) is 0 Å². The molecule has 106 valence electrons. The third-order valence-electron chi connectivity index (χ3n) is 4.24. The van der Waals surface area contributed by atoms with Crippen LogP contribution in [0.2, 0.25) is 18.1 Å². The molecule has 0 aromatic carbocycles. The van der Waals surface area contributed by atoms with Gasteiger partial charge in [-0.1, -0.05) is 20.8 Å². The lowest BCUT2D eigenvalue weighted by molar-refractivity contribution is -0.162. The van der Waals surface area contributed by atoms with Crippen LogP contribution in [0.15, 0.2) is 0 Å². The summed E-state index contributed by atoms with van der Waals surface area (Å²) >= 11 is 0. The highest BCUT2D eigenvalue weighted by atomic mass is 28.4. The number of carbonyl (C=O) groups is 1. The van der Waals surface area contributed by atoms with Gasteiger partial charge in [0, 0.05) is 6.42 Å². The van der Waals surface area contributed by atoms with Crippen molar-refractivity contribution in [1.82, 2.24) is 0 Å². The number of cyclic esters (lactones) is 1. The minimum absolute atomic E-state index is 0.0184. The van der Waals surface area contributed by atoms with Crippen molar-refractivity contribution >= 4 is 14.3 Å². The van der Waals surface area contributed by atoms with Crippen molar-refractivity contribution in [3.63, 3.8) is 0 Å². The molecule has 0 aliphatic carbocycles. The molecule has 0 unspecified atom stereocenters. The summed E-state index contributed by atoms with van der Waals surface area (Å²) in [5.74, 6) is -0.0960. The topological polar surface area (TPSA) is 35.5 Å². The molecule has 0 N–H and O–H groups in total. The SMILES string of the molecule is CC1(C)OC(=O)CCC[C@@H]1O[Si](C)(C)C(C)(C)C. The Balaban J connectivity index is 2.85. The van der Waals surface area contributed by atoms with E-state index in [1.165, 1.54) is 0 Å². The van der Waals surface area contributed by atoms with Crippen LogP contribution < -0.4 is 0 Å². The van der Waals surface area contributed by atoms with Crippen LogP contribution in [0.1, 0.15) is 53.9 Å². The molecule has 1 rings (SSSR count). The quantitative estimate of drug-likeness (QED) is 0.565. The van der Waals surface area contributed by atoms with Crippen LogP contribution in [0.5, 0.6) is 0 Å². The van der Waals surface area contributed by atoms with Crippen LogP contribution in [0.25, 0.3) is 0 Å². The van der Waals surface area contributed by atoms with Crippen LogP contribution in [0, 0.1) is 0 Å². The zero-order chi connectivity index (χ0) is 14.2. The Morgan fingerprint density at radius 2 is 1.89 bits per heavy atom. The molecular formula is C14H28O3Si. The van der Waals surface area contributed by atoms with Crippen molar-refractivity contribution in [3.8, 4) is 0 Å². The van der Waals surface area contributed by atoms with Crippen molar-refractivity contribution in [2.75, 3.05) is 0 Å². The lowest BCUT2D eigenvalue weighted by Gasteiger charge is -2.43. The fourth-order valence-electron chi connectivity index (χ4n) is 1.92. The first-order valence-electron chi connectivity index (χ1n) is 6.85. The Morgan fingerprint density at radius 1 is 1.33 bits per heavy atom. The average Bonchev–Trinajstić information content (AvgIpc) is 2.23. The first-order chi connectivity index (χ1) is 7.96. The van der Waals surface area contributed by atoms with Crippen molar-refractivity contribution in [1.29, 1.82) is 0 Å². The monoisotopic (exact) mass is 272 g/mol. The maximum atomic E-state index is 11.5. The molecule has 0 spiro atoms. The Bertz CT molecular complexity index is 315. The molecule has 18 heavy (non-hydrogen) atoms. The van der Waals surface area contributed by atoms with E-state index in [9.17, 15) is 4.79 Å². The predicted octanol–water partition coefficient (Wildman–Crippen LogP) is 3.88.